The van der Waals surface area contributed by atoms with E-state index in [0.717, 1.165) is 67.0 Å². The van der Waals surface area contributed by atoms with Crippen LogP contribution in [-0.2, 0) is 27.2 Å². The topological polar surface area (TPSA) is 145 Å². The molecule has 4 rings (SSSR count). The molecule has 0 amide bonds. The molecule has 2 aromatic heterocycles. The number of aryl methyl sites for hydroxylation is 2. The normalized spacial score (nSPS) is 14.2. The van der Waals surface area contributed by atoms with Crippen LogP contribution >= 0.6 is 11.9 Å². The quantitative estimate of drug-likeness (QED) is 0.0768. The highest BCUT2D eigenvalue weighted by atomic mass is 32.2. The maximum Gasteiger partial charge on any atom is 0.332 e. The fourth-order valence-electron chi connectivity index (χ4n) is 5.01. The van der Waals surface area contributed by atoms with Gasteiger partial charge in [0, 0.05) is 55.3 Å². The van der Waals surface area contributed by atoms with Crippen molar-refractivity contribution in [2.75, 3.05) is 65.7 Å². The highest BCUT2D eigenvalue weighted by molar-refractivity contribution is 7.97. The molecule has 44 heavy (non-hydrogen) atoms. The zero-order valence-electron chi connectivity index (χ0n) is 25.7. The van der Waals surface area contributed by atoms with E-state index in [1.54, 1.807) is 11.9 Å². The van der Waals surface area contributed by atoms with Crippen molar-refractivity contribution in [1.29, 1.82) is 0 Å². The van der Waals surface area contributed by atoms with Gasteiger partial charge in [-0.25, -0.2) is 14.1 Å². The summed E-state index contributed by atoms with van der Waals surface area (Å²) in [7, 11) is 0. The molecule has 3 heterocycles. The fraction of sp³-hybridized carbons (Fsp3) is 0.567. The predicted molar refractivity (Wildman–Crippen MR) is 169 cm³/mol. The Kier molecular flexibility index (Phi) is 12.6. The number of benzene rings is 1. The largest absolute Gasteiger partial charge is 0.493 e. The minimum Gasteiger partial charge on any atom is -0.493 e. The molecular weight excluding hydrogens is 588 g/mol. The number of H-pyrrole nitrogens is 1. The van der Waals surface area contributed by atoms with Gasteiger partial charge in [-0.2, -0.15) is 0 Å². The standard InChI is InChI=1S/C30H42N6O7S/c1-4-7-22-20-34(6-3)28-27(22)31-29(32-30(28)38)24-19-23(8-9-25(24)42-16-5-2)44-35-12-10-33(11-13-35)14-18-43-26(37)21-41-17-15-36(39)40/h8-9,19-20H,4-7,10-18,21H2,1-3H3,(H,31,32,38). The molecule has 0 bridgehead atoms. The molecule has 240 valence electrons. The van der Waals surface area contributed by atoms with Crippen LogP contribution in [0.5, 0.6) is 5.75 Å². The number of hydrogen-bond acceptors (Lipinski definition) is 11. The Morgan fingerprint density at radius 3 is 2.61 bits per heavy atom. The number of carbonyl (C=O) groups is 1. The second-order valence-corrected chi connectivity index (χ2v) is 11.7. The first-order chi connectivity index (χ1) is 21.3. The SMILES string of the molecule is CCCOc1ccc(SN2CCN(CCOC(=O)COCC[N+](=O)[O-])CC2)cc1-c1nc2c(CCC)cn(CC)c2c(=O)[nH]1. The van der Waals surface area contributed by atoms with Crippen molar-refractivity contribution >= 4 is 29.0 Å². The van der Waals surface area contributed by atoms with Crippen molar-refractivity contribution in [2.45, 2.75) is 51.5 Å². The first-order valence-electron chi connectivity index (χ1n) is 15.2. The van der Waals surface area contributed by atoms with E-state index in [9.17, 15) is 19.7 Å². The average molecular weight is 631 g/mol. The lowest BCUT2D eigenvalue weighted by molar-refractivity contribution is -0.483. The molecule has 3 aromatic rings. The maximum atomic E-state index is 13.3. The molecule has 14 heteroatoms. The van der Waals surface area contributed by atoms with Crippen molar-refractivity contribution in [3.63, 3.8) is 0 Å². The number of aromatic amines is 1. The Morgan fingerprint density at radius 1 is 1.11 bits per heavy atom. The Labute approximate surface area is 261 Å². The van der Waals surface area contributed by atoms with Crippen LogP contribution in [-0.4, -0.2) is 100 Å². The lowest BCUT2D eigenvalue weighted by Crippen LogP contribution is -2.44. The second-order valence-electron chi connectivity index (χ2n) is 10.5. The van der Waals surface area contributed by atoms with Crippen molar-refractivity contribution in [3.05, 3.63) is 50.4 Å². The van der Waals surface area contributed by atoms with Gasteiger partial charge in [0.25, 0.3) is 5.56 Å². The molecule has 0 unspecified atom stereocenters. The van der Waals surface area contributed by atoms with E-state index in [2.05, 4.69) is 28.0 Å². The second kappa shape index (κ2) is 16.6. The fourth-order valence-corrected chi connectivity index (χ4v) is 5.95. The van der Waals surface area contributed by atoms with Crippen LogP contribution in [0, 0.1) is 10.1 Å². The Bertz CT molecular complexity index is 1470. The molecule has 1 aliphatic heterocycles. The number of rotatable bonds is 17. The third-order valence-corrected chi connectivity index (χ3v) is 8.29. The molecule has 1 saturated heterocycles. The summed E-state index contributed by atoms with van der Waals surface area (Å²) < 4.78 is 20.5. The van der Waals surface area contributed by atoms with Gasteiger partial charge in [-0.05, 0) is 55.5 Å². The zero-order valence-corrected chi connectivity index (χ0v) is 26.5. The minimum absolute atomic E-state index is 0.117. The van der Waals surface area contributed by atoms with E-state index in [0.29, 0.717) is 36.8 Å². The number of piperazine rings is 1. The van der Waals surface area contributed by atoms with Crippen molar-refractivity contribution in [3.8, 4) is 17.1 Å². The third-order valence-electron chi connectivity index (χ3n) is 7.20. The Balaban J connectivity index is 1.39. The molecule has 1 fully saturated rings. The van der Waals surface area contributed by atoms with E-state index >= 15 is 0 Å². The summed E-state index contributed by atoms with van der Waals surface area (Å²) in [5.74, 6) is 0.669. The molecule has 0 saturated carbocycles. The number of ether oxygens (including phenoxy) is 3. The van der Waals surface area contributed by atoms with Crippen LogP contribution in [0.25, 0.3) is 22.4 Å². The average Bonchev–Trinajstić information content (AvgIpc) is 3.37. The third kappa shape index (κ3) is 9.03. The monoisotopic (exact) mass is 630 g/mol. The van der Waals surface area contributed by atoms with E-state index in [1.165, 1.54) is 0 Å². The van der Waals surface area contributed by atoms with Crippen LogP contribution in [0.1, 0.15) is 39.2 Å². The summed E-state index contributed by atoms with van der Waals surface area (Å²) in [6.45, 7) is 10.8. The van der Waals surface area contributed by atoms with Crippen LogP contribution < -0.4 is 10.3 Å². The summed E-state index contributed by atoms with van der Waals surface area (Å²) in [4.78, 5) is 46.1. The highest BCUT2D eigenvalue weighted by Gasteiger charge is 2.21. The van der Waals surface area contributed by atoms with Gasteiger partial charge in [-0.3, -0.25) is 19.8 Å². The molecule has 1 N–H and O–H groups in total. The van der Waals surface area contributed by atoms with E-state index in [1.807, 2.05) is 35.9 Å². The molecule has 13 nitrogen and oxygen atoms in total. The minimum atomic E-state index is -0.524. The molecule has 0 atom stereocenters. The van der Waals surface area contributed by atoms with Crippen LogP contribution in [0.2, 0.25) is 0 Å². The summed E-state index contributed by atoms with van der Waals surface area (Å²) in [6.07, 6.45) is 4.72. The molecule has 1 aromatic carbocycles. The number of carbonyl (C=O) groups excluding carboxylic acids is 1. The summed E-state index contributed by atoms with van der Waals surface area (Å²) in [6, 6.07) is 6.02. The molecule has 1 aliphatic rings. The van der Waals surface area contributed by atoms with Gasteiger partial charge in [0.1, 0.15) is 36.9 Å². The van der Waals surface area contributed by atoms with Crippen molar-refractivity contribution in [2.24, 2.45) is 0 Å². The van der Waals surface area contributed by atoms with Crippen LogP contribution in [0.15, 0.2) is 34.1 Å². The van der Waals surface area contributed by atoms with Crippen molar-refractivity contribution in [1.82, 2.24) is 23.7 Å². The van der Waals surface area contributed by atoms with Gasteiger partial charge in [-0.1, -0.05) is 20.3 Å². The van der Waals surface area contributed by atoms with E-state index in [4.69, 9.17) is 19.2 Å². The molecular formula is C30H42N6O7S. The smallest absolute Gasteiger partial charge is 0.332 e. The number of hydrogen-bond donors (Lipinski definition) is 1. The van der Waals surface area contributed by atoms with Gasteiger partial charge >= 0.3 is 5.97 Å². The van der Waals surface area contributed by atoms with Gasteiger partial charge in [0.05, 0.1) is 17.7 Å². The van der Waals surface area contributed by atoms with E-state index in [-0.39, 0.29) is 31.9 Å². The Hall–Kier alpha value is -3.46. The number of nitrogens with one attached hydrogen (secondary N) is 1. The molecule has 0 spiro atoms. The van der Waals surface area contributed by atoms with Crippen molar-refractivity contribution < 1.29 is 23.9 Å². The lowest BCUT2D eigenvalue weighted by atomic mass is 10.1. The summed E-state index contributed by atoms with van der Waals surface area (Å²) in [5, 5.41) is 10.3. The summed E-state index contributed by atoms with van der Waals surface area (Å²) in [5.41, 5.74) is 3.03. The number of nitro groups is 1. The van der Waals surface area contributed by atoms with Gasteiger partial charge in [-0.15, -0.1) is 0 Å². The predicted octanol–water partition coefficient (Wildman–Crippen LogP) is 3.61. The van der Waals surface area contributed by atoms with Gasteiger partial charge in [0.15, 0.2) is 0 Å². The number of fused-ring (bicyclic) bond motifs is 1. The number of aromatic nitrogens is 3. The molecule has 0 radical (unpaired) electrons. The van der Waals surface area contributed by atoms with E-state index < -0.39 is 10.9 Å². The highest BCUT2D eigenvalue weighted by Crippen LogP contribution is 2.34. The number of nitrogens with zero attached hydrogens (tertiary/aromatic N) is 5. The Morgan fingerprint density at radius 2 is 1.91 bits per heavy atom. The summed E-state index contributed by atoms with van der Waals surface area (Å²) >= 11 is 1.65. The van der Waals surface area contributed by atoms with Crippen LogP contribution in [0.4, 0.5) is 0 Å². The first kappa shape index (κ1) is 33.4. The van der Waals surface area contributed by atoms with Gasteiger partial charge in [0.2, 0.25) is 6.54 Å². The van der Waals surface area contributed by atoms with Crippen LogP contribution in [0.3, 0.4) is 0 Å². The first-order valence-corrected chi connectivity index (χ1v) is 16.0. The lowest BCUT2D eigenvalue weighted by Gasteiger charge is -2.33. The number of esters is 1. The maximum absolute atomic E-state index is 13.3. The van der Waals surface area contributed by atoms with Gasteiger partial charge < -0.3 is 23.8 Å². The zero-order chi connectivity index (χ0) is 31.5. The molecule has 0 aliphatic carbocycles.